The van der Waals surface area contributed by atoms with E-state index >= 15 is 0 Å². The van der Waals surface area contributed by atoms with E-state index in [2.05, 4.69) is 4.98 Å². The number of ketones is 2. The number of aromatic hydroxyl groups is 1. The molecule has 9 heteroatoms. The molecule has 0 bridgehead atoms. The summed E-state index contributed by atoms with van der Waals surface area (Å²) >= 11 is 0. The summed E-state index contributed by atoms with van der Waals surface area (Å²) in [6.07, 6.45) is 0. The fraction of sp³-hybridized carbons (Fsp3) is 0.273. The van der Waals surface area contributed by atoms with Crippen molar-refractivity contribution in [2.75, 3.05) is 0 Å². The number of benzene rings is 3. The van der Waals surface area contributed by atoms with E-state index in [4.69, 9.17) is 4.74 Å². The lowest BCUT2D eigenvalue weighted by molar-refractivity contribution is -0.385. The zero-order valence-corrected chi connectivity index (χ0v) is 24.1. The molecule has 1 N–H and O–H groups in total. The lowest BCUT2D eigenvalue weighted by atomic mass is 9.78. The Hall–Kier alpha value is -4.92. The highest BCUT2D eigenvalue weighted by Crippen LogP contribution is 2.41. The van der Waals surface area contributed by atoms with E-state index < -0.39 is 44.9 Å². The number of carbonyl (C=O) groups excluding carboxylic acids is 3. The highest BCUT2D eigenvalue weighted by atomic mass is 16.6. The van der Waals surface area contributed by atoms with Gasteiger partial charge in [-0.2, -0.15) is 0 Å². The van der Waals surface area contributed by atoms with E-state index in [0.29, 0.717) is 16.5 Å². The first-order valence-corrected chi connectivity index (χ1v) is 13.4. The molecule has 0 fully saturated rings. The van der Waals surface area contributed by atoms with Crippen LogP contribution in [-0.2, 0) is 10.8 Å². The van der Waals surface area contributed by atoms with Crippen molar-refractivity contribution in [3.05, 3.63) is 104 Å². The SMILES string of the molecule is CC(C)(C)c1cc(C(=O)Oc2cccc3ccc(C4C(=O)c5cccc([N+](=O)[O-])c5C4=O)nc23)cc(C(C)(C)C)c1O. The van der Waals surface area contributed by atoms with E-state index in [9.17, 15) is 29.6 Å². The molecule has 1 heterocycles. The van der Waals surface area contributed by atoms with Crippen LogP contribution < -0.4 is 4.74 Å². The molecular weight excluding hydrogens is 536 g/mol. The summed E-state index contributed by atoms with van der Waals surface area (Å²) in [6.45, 7) is 11.7. The smallest absolute Gasteiger partial charge is 0.343 e. The minimum absolute atomic E-state index is 0.0163. The second kappa shape index (κ2) is 9.87. The third-order valence-corrected chi connectivity index (χ3v) is 7.44. The van der Waals surface area contributed by atoms with Crippen LogP contribution >= 0.6 is 0 Å². The molecule has 1 atom stereocenters. The van der Waals surface area contributed by atoms with Crippen molar-refractivity contribution in [1.29, 1.82) is 0 Å². The van der Waals surface area contributed by atoms with Crippen molar-refractivity contribution in [2.45, 2.75) is 58.3 Å². The average Bonchev–Trinajstić information content (AvgIpc) is 3.17. The molecule has 4 aromatic rings. The van der Waals surface area contributed by atoms with Crippen LogP contribution in [0.2, 0.25) is 0 Å². The Bertz CT molecular complexity index is 1790. The van der Waals surface area contributed by atoms with E-state index in [1.165, 1.54) is 24.3 Å². The molecule has 1 aliphatic rings. The molecule has 0 amide bonds. The van der Waals surface area contributed by atoms with Crippen molar-refractivity contribution in [3.8, 4) is 11.5 Å². The Labute approximate surface area is 242 Å². The van der Waals surface area contributed by atoms with Gasteiger partial charge in [-0.05, 0) is 35.1 Å². The monoisotopic (exact) mass is 566 g/mol. The first kappa shape index (κ1) is 28.6. The van der Waals surface area contributed by atoms with Gasteiger partial charge in [-0.3, -0.25) is 19.7 Å². The molecule has 0 saturated carbocycles. The van der Waals surface area contributed by atoms with Gasteiger partial charge in [0.1, 0.15) is 22.7 Å². The normalized spacial score (nSPS) is 15.1. The van der Waals surface area contributed by atoms with Gasteiger partial charge in [-0.1, -0.05) is 71.9 Å². The molecule has 1 aromatic heterocycles. The third-order valence-electron chi connectivity index (χ3n) is 7.44. The fourth-order valence-electron chi connectivity index (χ4n) is 5.28. The summed E-state index contributed by atoms with van der Waals surface area (Å²) < 4.78 is 5.83. The van der Waals surface area contributed by atoms with Gasteiger partial charge in [0.15, 0.2) is 17.3 Å². The number of phenols is 1. The Morgan fingerprint density at radius 3 is 2.12 bits per heavy atom. The molecule has 0 saturated heterocycles. The predicted octanol–water partition coefficient (Wildman–Crippen LogP) is 6.83. The number of carbonyl (C=O) groups is 3. The van der Waals surface area contributed by atoms with Crippen LogP contribution in [0.4, 0.5) is 5.69 Å². The third kappa shape index (κ3) is 4.81. The van der Waals surface area contributed by atoms with Gasteiger partial charge in [0, 0.05) is 28.1 Å². The Kier molecular flexibility index (Phi) is 6.72. The van der Waals surface area contributed by atoms with Gasteiger partial charge in [0.2, 0.25) is 0 Å². The van der Waals surface area contributed by atoms with Crippen LogP contribution in [0.3, 0.4) is 0 Å². The molecule has 0 radical (unpaired) electrons. The molecule has 1 aliphatic carbocycles. The van der Waals surface area contributed by atoms with Gasteiger partial charge in [0.05, 0.1) is 16.2 Å². The lowest BCUT2D eigenvalue weighted by Crippen LogP contribution is -2.20. The number of pyridine rings is 1. The van der Waals surface area contributed by atoms with Crippen LogP contribution in [0.25, 0.3) is 10.9 Å². The summed E-state index contributed by atoms with van der Waals surface area (Å²) in [5.41, 5.74) is 0.225. The van der Waals surface area contributed by atoms with Crippen molar-refractivity contribution in [1.82, 2.24) is 4.98 Å². The van der Waals surface area contributed by atoms with Crippen molar-refractivity contribution >= 4 is 34.1 Å². The summed E-state index contributed by atoms with van der Waals surface area (Å²) in [6, 6.07) is 15.4. The largest absolute Gasteiger partial charge is 0.507 e. The highest BCUT2D eigenvalue weighted by molar-refractivity contribution is 6.31. The number of Topliss-reactive ketones (excluding diaryl/α,β-unsaturated/α-hetero) is 2. The molecule has 5 rings (SSSR count). The molecular formula is C33H30N2O7. The Morgan fingerprint density at radius 2 is 1.52 bits per heavy atom. The number of nitro benzene ring substituents is 1. The van der Waals surface area contributed by atoms with E-state index in [-0.39, 0.29) is 39.4 Å². The molecule has 0 aliphatic heterocycles. The first-order chi connectivity index (χ1) is 19.6. The average molecular weight is 567 g/mol. The first-order valence-electron chi connectivity index (χ1n) is 13.4. The van der Waals surface area contributed by atoms with Crippen molar-refractivity contribution < 1.29 is 29.2 Å². The van der Waals surface area contributed by atoms with Gasteiger partial charge in [-0.15, -0.1) is 0 Å². The summed E-state index contributed by atoms with van der Waals surface area (Å²) in [4.78, 5) is 55.5. The number of aromatic nitrogens is 1. The molecule has 1 unspecified atom stereocenters. The fourth-order valence-corrected chi connectivity index (χ4v) is 5.28. The number of rotatable bonds is 4. The second-order valence-corrected chi connectivity index (χ2v) is 12.5. The van der Waals surface area contributed by atoms with Crippen LogP contribution in [0, 0.1) is 10.1 Å². The van der Waals surface area contributed by atoms with Gasteiger partial charge >= 0.3 is 5.97 Å². The molecule has 9 nitrogen and oxygen atoms in total. The number of para-hydroxylation sites is 1. The molecule has 3 aromatic carbocycles. The van der Waals surface area contributed by atoms with E-state index in [0.717, 1.165) is 0 Å². The number of phenolic OH excluding ortho intramolecular Hbond substituents is 1. The van der Waals surface area contributed by atoms with Gasteiger partial charge < -0.3 is 9.84 Å². The zero-order chi connectivity index (χ0) is 30.7. The van der Waals surface area contributed by atoms with Crippen LogP contribution in [0.5, 0.6) is 11.5 Å². The summed E-state index contributed by atoms with van der Waals surface area (Å²) in [5, 5.41) is 23.2. The number of hydrogen-bond donors (Lipinski definition) is 1. The van der Waals surface area contributed by atoms with Crippen molar-refractivity contribution in [3.63, 3.8) is 0 Å². The topological polar surface area (TPSA) is 137 Å². The quantitative estimate of drug-likeness (QED) is 0.0933. The molecule has 42 heavy (non-hydrogen) atoms. The van der Waals surface area contributed by atoms with E-state index in [1.807, 2.05) is 41.5 Å². The number of esters is 1. The highest BCUT2D eigenvalue weighted by Gasteiger charge is 2.44. The standard InChI is InChI=1S/C33H30N2O7/c1-32(2,3)20-15-18(16-21(29(20)37)33(4,5)6)31(39)42-24-12-7-9-17-13-14-22(34-27(17)24)26-28(36)19-10-8-11-23(35(40)41)25(19)30(26)38/h7-16,26,37H,1-6H3. The maximum Gasteiger partial charge on any atom is 0.343 e. The number of nitro groups is 1. The van der Waals surface area contributed by atoms with Crippen LogP contribution in [-0.4, -0.2) is 32.5 Å². The number of nitrogens with zero attached hydrogens (tertiary/aromatic N) is 2. The molecule has 0 spiro atoms. The second-order valence-electron chi connectivity index (χ2n) is 12.5. The van der Waals surface area contributed by atoms with E-state index in [1.54, 1.807) is 36.4 Å². The van der Waals surface area contributed by atoms with Crippen LogP contribution in [0.1, 0.15) is 95.4 Å². The number of ether oxygens (including phenoxy) is 1. The summed E-state index contributed by atoms with van der Waals surface area (Å²) in [7, 11) is 0. The maximum atomic E-state index is 13.5. The molecule has 214 valence electrons. The Morgan fingerprint density at radius 1 is 0.905 bits per heavy atom. The van der Waals surface area contributed by atoms with Crippen LogP contribution in [0.15, 0.2) is 60.7 Å². The van der Waals surface area contributed by atoms with Gasteiger partial charge in [-0.25, -0.2) is 9.78 Å². The predicted molar refractivity (Wildman–Crippen MR) is 157 cm³/mol. The number of fused-ring (bicyclic) bond motifs is 2. The maximum absolute atomic E-state index is 13.5. The Balaban J connectivity index is 1.56. The number of hydrogen-bond acceptors (Lipinski definition) is 8. The minimum Gasteiger partial charge on any atom is -0.507 e. The lowest BCUT2D eigenvalue weighted by Gasteiger charge is -2.28. The van der Waals surface area contributed by atoms with Crippen molar-refractivity contribution in [2.24, 2.45) is 0 Å². The zero-order valence-electron chi connectivity index (χ0n) is 24.1. The summed E-state index contributed by atoms with van der Waals surface area (Å²) in [5.74, 6) is -3.04. The minimum atomic E-state index is -1.35. The van der Waals surface area contributed by atoms with Gasteiger partial charge in [0.25, 0.3) is 5.69 Å².